The van der Waals surface area contributed by atoms with E-state index >= 15 is 0 Å². The Morgan fingerprint density at radius 3 is 2.50 bits per heavy atom. The summed E-state index contributed by atoms with van der Waals surface area (Å²) in [5, 5.41) is 12.2. The predicted octanol–water partition coefficient (Wildman–Crippen LogP) is 1.12. The van der Waals surface area contributed by atoms with E-state index in [2.05, 4.69) is 10.2 Å². The summed E-state index contributed by atoms with van der Waals surface area (Å²) in [5.74, 6) is -0.916. The number of hydrogen-bond acceptors (Lipinski definition) is 3. The fourth-order valence-corrected chi connectivity index (χ4v) is 3.11. The van der Waals surface area contributed by atoms with Gasteiger partial charge in [-0.2, -0.15) is 0 Å². The molecule has 2 rings (SSSR count). The summed E-state index contributed by atoms with van der Waals surface area (Å²) in [5.41, 5.74) is -1.05. The molecular formula is C14H25N3O3. The Hall–Kier alpha value is -1.30. The number of carbonyl (C=O) groups is 2. The summed E-state index contributed by atoms with van der Waals surface area (Å²) in [6.45, 7) is 5.80. The maximum atomic E-state index is 12.1. The molecule has 2 fully saturated rings. The van der Waals surface area contributed by atoms with Crippen molar-refractivity contribution >= 4 is 12.0 Å². The average molecular weight is 283 g/mol. The van der Waals surface area contributed by atoms with Crippen LogP contribution in [0.15, 0.2) is 0 Å². The molecule has 0 bridgehead atoms. The van der Waals surface area contributed by atoms with E-state index in [0.29, 0.717) is 19.5 Å². The summed E-state index contributed by atoms with van der Waals surface area (Å²) in [4.78, 5) is 27.3. The van der Waals surface area contributed by atoms with Gasteiger partial charge in [-0.05, 0) is 45.7 Å². The number of nitrogens with zero attached hydrogens (tertiary/aromatic N) is 2. The predicted molar refractivity (Wildman–Crippen MR) is 75.7 cm³/mol. The molecule has 0 spiro atoms. The number of carboxylic acids is 1. The summed E-state index contributed by atoms with van der Waals surface area (Å²) >= 11 is 0. The van der Waals surface area contributed by atoms with Crippen molar-refractivity contribution in [3.8, 4) is 0 Å². The van der Waals surface area contributed by atoms with E-state index in [4.69, 9.17) is 0 Å². The molecular weight excluding hydrogens is 258 g/mol. The number of carbonyl (C=O) groups excluding carboxylic acids is 1. The van der Waals surface area contributed by atoms with Crippen LogP contribution in [0.1, 0.15) is 39.0 Å². The molecule has 0 aromatic carbocycles. The number of amides is 2. The summed E-state index contributed by atoms with van der Waals surface area (Å²) < 4.78 is 0. The zero-order valence-electron chi connectivity index (χ0n) is 12.2. The Morgan fingerprint density at radius 2 is 1.85 bits per heavy atom. The van der Waals surface area contributed by atoms with Gasteiger partial charge in [0, 0.05) is 19.6 Å². The van der Waals surface area contributed by atoms with Crippen LogP contribution < -0.4 is 5.32 Å². The van der Waals surface area contributed by atoms with Crippen LogP contribution in [0.3, 0.4) is 0 Å². The summed E-state index contributed by atoms with van der Waals surface area (Å²) in [7, 11) is 0. The van der Waals surface area contributed by atoms with Crippen LogP contribution in [-0.4, -0.2) is 65.2 Å². The molecule has 114 valence electrons. The van der Waals surface area contributed by atoms with Crippen molar-refractivity contribution in [3.63, 3.8) is 0 Å². The van der Waals surface area contributed by atoms with Gasteiger partial charge in [-0.15, -0.1) is 0 Å². The van der Waals surface area contributed by atoms with Crippen molar-refractivity contribution in [2.24, 2.45) is 0 Å². The van der Waals surface area contributed by atoms with Crippen LogP contribution in [0.4, 0.5) is 4.79 Å². The maximum Gasteiger partial charge on any atom is 0.329 e. The number of aliphatic carboxylic acids is 1. The van der Waals surface area contributed by atoms with Crippen molar-refractivity contribution in [3.05, 3.63) is 0 Å². The van der Waals surface area contributed by atoms with E-state index in [-0.39, 0.29) is 6.03 Å². The van der Waals surface area contributed by atoms with Gasteiger partial charge in [0.1, 0.15) is 5.54 Å². The second kappa shape index (κ2) is 6.43. The third-order valence-electron chi connectivity index (χ3n) is 4.50. The minimum atomic E-state index is -1.05. The molecule has 0 aromatic rings. The molecule has 0 aliphatic carbocycles. The van der Waals surface area contributed by atoms with Crippen molar-refractivity contribution in [1.82, 2.24) is 15.1 Å². The van der Waals surface area contributed by atoms with Gasteiger partial charge in [-0.3, -0.25) is 0 Å². The van der Waals surface area contributed by atoms with E-state index in [0.717, 1.165) is 26.1 Å². The van der Waals surface area contributed by atoms with Gasteiger partial charge < -0.3 is 20.2 Å². The smallest absolute Gasteiger partial charge is 0.329 e. The molecule has 0 aromatic heterocycles. The lowest BCUT2D eigenvalue weighted by Crippen LogP contribution is -2.54. The van der Waals surface area contributed by atoms with E-state index < -0.39 is 11.5 Å². The first-order valence-electron chi connectivity index (χ1n) is 7.55. The Morgan fingerprint density at radius 1 is 1.15 bits per heavy atom. The van der Waals surface area contributed by atoms with Crippen molar-refractivity contribution in [2.75, 3.05) is 32.7 Å². The highest BCUT2D eigenvalue weighted by molar-refractivity contribution is 5.86. The van der Waals surface area contributed by atoms with Crippen molar-refractivity contribution in [2.45, 2.75) is 44.6 Å². The molecule has 6 nitrogen and oxygen atoms in total. The molecule has 0 radical (unpaired) electrons. The van der Waals surface area contributed by atoms with E-state index in [1.54, 1.807) is 6.92 Å². The lowest BCUT2D eigenvalue weighted by Gasteiger charge is -2.32. The van der Waals surface area contributed by atoms with Gasteiger partial charge in [0.15, 0.2) is 0 Å². The van der Waals surface area contributed by atoms with Crippen LogP contribution >= 0.6 is 0 Å². The number of urea groups is 1. The van der Waals surface area contributed by atoms with Crippen LogP contribution in [0.2, 0.25) is 0 Å². The van der Waals surface area contributed by atoms with Gasteiger partial charge >= 0.3 is 12.0 Å². The minimum Gasteiger partial charge on any atom is -0.480 e. The van der Waals surface area contributed by atoms with E-state index in [1.807, 2.05) is 0 Å². The first-order chi connectivity index (χ1) is 9.54. The van der Waals surface area contributed by atoms with Gasteiger partial charge in [0.05, 0.1) is 0 Å². The zero-order valence-corrected chi connectivity index (χ0v) is 12.2. The maximum absolute atomic E-state index is 12.1. The zero-order chi connectivity index (χ0) is 14.6. The first-order valence-corrected chi connectivity index (χ1v) is 7.55. The number of piperidine rings is 1. The number of hydrogen-bond donors (Lipinski definition) is 2. The van der Waals surface area contributed by atoms with Crippen LogP contribution in [0.25, 0.3) is 0 Å². The van der Waals surface area contributed by atoms with Gasteiger partial charge in [-0.25, -0.2) is 9.59 Å². The number of likely N-dealkylation sites (tertiary alicyclic amines) is 2. The van der Waals surface area contributed by atoms with Crippen molar-refractivity contribution in [1.29, 1.82) is 0 Å². The quantitative estimate of drug-likeness (QED) is 0.811. The van der Waals surface area contributed by atoms with Gasteiger partial charge in [0.2, 0.25) is 0 Å². The highest BCUT2D eigenvalue weighted by Gasteiger charge is 2.45. The molecule has 1 unspecified atom stereocenters. The third-order valence-corrected chi connectivity index (χ3v) is 4.50. The molecule has 2 amide bonds. The topological polar surface area (TPSA) is 72.9 Å². The van der Waals surface area contributed by atoms with Crippen LogP contribution in [0.5, 0.6) is 0 Å². The summed E-state index contributed by atoms with van der Waals surface area (Å²) in [6.07, 6.45) is 5.05. The Kier molecular flexibility index (Phi) is 4.86. The summed E-state index contributed by atoms with van der Waals surface area (Å²) in [6, 6.07) is -0.246. The standard InChI is InChI=1S/C14H25N3O3/c1-14(12(18)19)6-5-10-17(14)13(20)15-7-11-16-8-3-2-4-9-16/h2-11H2,1H3,(H,15,20)(H,18,19). The largest absolute Gasteiger partial charge is 0.480 e. The molecule has 2 heterocycles. The normalized spacial score (nSPS) is 27.6. The second-order valence-electron chi connectivity index (χ2n) is 5.97. The number of nitrogens with one attached hydrogen (secondary N) is 1. The third kappa shape index (κ3) is 3.23. The lowest BCUT2D eigenvalue weighted by atomic mass is 10.00. The highest BCUT2D eigenvalue weighted by Crippen LogP contribution is 2.29. The van der Waals surface area contributed by atoms with Gasteiger partial charge in [0.25, 0.3) is 0 Å². The Balaban J connectivity index is 1.78. The molecule has 2 aliphatic heterocycles. The average Bonchev–Trinajstić information content (AvgIpc) is 2.83. The van der Waals surface area contributed by atoms with Gasteiger partial charge in [-0.1, -0.05) is 6.42 Å². The first kappa shape index (κ1) is 15.1. The number of rotatable bonds is 4. The molecule has 2 N–H and O–H groups in total. The lowest BCUT2D eigenvalue weighted by molar-refractivity contribution is -0.147. The van der Waals surface area contributed by atoms with Crippen LogP contribution in [-0.2, 0) is 4.79 Å². The fraction of sp³-hybridized carbons (Fsp3) is 0.857. The molecule has 2 saturated heterocycles. The molecule has 20 heavy (non-hydrogen) atoms. The van der Waals surface area contributed by atoms with E-state index in [9.17, 15) is 14.7 Å². The molecule has 1 atom stereocenters. The monoisotopic (exact) mass is 283 g/mol. The molecule has 0 saturated carbocycles. The van der Waals surface area contributed by atoms with E-state index in [1.165, 1.54) is 24.2 Å². The van der Waals surface area contributed by atoms with Crippen LogP contribution in [0, 0.1) is 0 Å². The number of carboxylic acid groups (broad SMARTS) is 1. The molecule has 6 heteroatoms. The second-order valence-corrected chi connectivity index (χ2v) is 5.97. The fourth-order valence-electron chi connectivity index (χ4n) is 3.11. The SMILES string of the molecule is CC1(C(=O)O)CCCN1C(=O)NCCN1CCCCC1. The molecule has 2 aliphatic rings. The Bertz CT molecular complexity index is 369. The van der Waals surface area contributed by atoms with Crippen molar-refractivity contribution < 1.29 is 14.7 Å². The Labute approximate surface area is 120 Å². The minimum absolute atomic E-state index is 0.246. The highest BCUT2D eigenvalue weighted by atomic mass is 16.4.